The van der Waals surface area contributed by atoms with Crippen molar-refractivity contribution in [3.63, 3.8) is 0 Å². The molecule has 68 valence electrons. The minimum atomic E-state index is 1.01. The monoisotopic (exact) mass is 310 g/mol. The lowest BCUT2D eigenvalue weighted by Crippen LogP contribution is -1.77. The van der Waals surface area contributed by atoms with Gasteiger partial charge in [0.05, 0.1) is 0 Å². The first kappa shape index (κ1) is 12.5. The first-order valence-electron chi connectivity index (χ1n) is 3.76. The number of aryl methyl sites for hydroxylation is 1. The van der Waals surface area contributed by atoms with Crippen LogP contribution in [0.15, 0.2) is 26.0 Å². The Bertz CT molecular complexity index is 209. The van der Waals surface area contributed by atoms with Crippen LogP contribution >= 0.6 is 44.5 Å². The molecule has 12 heavy (non-hydrogen) atoms. The fourth-order valence-electron chi connectivity index (χ4n) is 0.636. The Morgan fingerprint density at radius 1 is 1.08 bits per heavy atom. The Morgan fingerprint density at radius 3 is 1.92 bits per heavy atom. The average molecular weight is 312 g/mol. The first-order chi connectivity index (χ1) is 5.61. The van der Waals surface area contributed by atoms with E-state index < -0.39 is 0 Å². The summed E-state index contributed by atoms with van der Waals surface area (Å²) in [5.74, 6) is 0. The first-order valence-corrected chi connectivity index (χ1v) is 5.79. The average Bonchev–Trinajstić information content (AvgIpc) is 2.05. The predicted molar refractivity (Wildman–Crippen MR) is 65.2 cm³/mol. The maximum atomic E-state index is 4.26. The molecule has 0 aromatic heterocycles. The zero-order chi connectivity index (χ0) is 9.72. The summed E-state index contributed by atoms with van der Waals surface area (Å²) in [6.07, 6.45) is 0. The Balaban J connectivity index is 0.000000561. The quantitative estimate of drug-likeness (QED) is 0.651. The molecule has 0 aliphatic rings. The van der Waals surface area contributed by atoms with Crippen LogP contribution in [-0.4, -0.2) is 0 Å². The lowest BCUT2D eigenvalue weighted by atomic mass is 10.2. The number of benzene rings is 1. The third-order valence-corrected chi connectivity index (χ3v) is 3.56. The second-order valence-corrected chi connectivity index (χ2v) is 4.24. The molecule has 0 nitrogen and oxygen atoms in total. The summed E-state index contributed by atoms with van der Waals surface area (Å²) in [5.41, 5.74) is 1.18. The van der Waals surface area contributed by atoms with Crippen molar-refractivity contribution < 1.29 is 0 Å². The van der Waals surface area contributed by atoms with Gasteiger partial charge in [-0.3, -0.25) is 0 Å². The SMILES string of the molecule is CC.Cc1cc(Br)c(Br)cc1S. The molecule has 0 aliphatic carbocycles. The molecule has 0 heterocycles. The van der Waals surface area contributed by atoms with Gasteiger partial charge in [-0.05, 0) is 56.5 Å². The van der Waals surface area contributed by atoms with Crippen LogP contribution in [0.25, 0.3) is 0 Å². The fourth-order valence-corrected chi connectivity index (χ4v) is 1.81. The molecule has 3 heteroatoms. The normalized spacial score (nSPS) is 8.83. The van der Waals surface area contributed by atoms with Gasteiger partial charge in [-0.1, -0.05) is 13.8 Å². The molecule has 1 aromatic carbocycles. The van der Waals surface area contributed by atoms with Gasteiger partial charge in [0, 0.05) is 13.8 Å². The van der Waals surface area contributed by atoms with E-state index in [0.29, 0.717) is 0 Å². The highest BCUT2D eigenvalue weighted by Crippen LogP contribution is 2.27. The lowest BCUT2D eigenvalue weighted by molar-refractivity contribution is 1.28. The molecule has 0 amide bonds. The molecular formula is C9H12Br2S. The van der Waals surface area contributed by atoms with Crippen molar-refractivity contribution in [3.8, 4) is 0 Å². The number of halogens is 2. The summed E-state index contributed by atoms with van der Waals surface area (Å²) in [5, 5.41) is 0. The Labute approximate surface area is 96.4 Å². The zero-order valence-electron chi connectivity index (χ0n) is 7.36. The van der Waals surface area contributed by atoms with E-state index in [1.165, 1.54) is 5.56 Å². The van der Waals surface area contributed by atoms with Crippen LogP contribution in [0.3, 0.4) is 0 Å². The van der Waals surface area contributed by atoms with Gasteiger partial charge >= 0.3 is 0 Å². The maximum Gasteiger partial charge on any atom is 0.0328 e. The van der Waals surface area contributed by atoms with E-state index in [2.05, 4.69) is 44.5 Å². The largest absolute Gasteiger partial charge is 0.143 e. The molecule has 0 fully saturated rings. The molecule has 0 aliphatic heterocycles. The van der Waals surface area contributed by atoms with Crippen LogP contribution in [0.4, 0.5) is 0 Å². The third kappa shape index (κ3) is 3.50. The van der Waals surface area contributed by atoms with Crippen molar-refractivity contribution in [2.24, 2.45) is 0 Å². The van der Waals surface area contributed by atoms with E-state index >= 15 is 0 Å². The number of hydrogen-bond donors (Lipinski definition) is 1. The van der Waals surface area contributed by atoms with Gasteiger partial charge in [0.15, 0.2) is 0 Å². The van der Waals surface area contributed by atoms with Crippen molar-refractivity contribution in [3.05, 3.63) is 26.6 Å². The summed E-state index contributed by atoms with van der Waals surface area (Å²) in [6, 6.07) is 4.01. The summed E-state index contributed by atoms with van der Waals surface area (Å²) < 4.78 is 2.12. The molecule has 1 aromatic rings. The van der Waals surface area contributed by atoms with Crippen molar-refractivity contribution in [2.45, 2.75) is 25.7 Å². The van der Waals surface area contributed by atoms with Crippen LogP contribution < -0.4 is 0 Å². The van der Waals surface area contributed by atoms with Crippen LogP contribution in [0, 0.1) is 6.92 Å². The second kappa shape index (κ2) is 6.06. The van der Waals surface area contributed by atoms with E-state index in [-0.39, 0.29) is 0 Å². The smallest absolute Gasteiger partial charge is 0.0328 e. The molecule has 0 saturated heterocycles. The second-order valence-electron chi connectivity index (χ2n) is 2.05. The van der Waals surface area contributed by atoms with Gasteiger partial charge in [0.1, 0.15) is 0 Å². The third-order valence-electron chi connectivity index (χ3n) is 1.24. The van der Waals surface area contributed by atoms with E-state index in [1.807, 2.05) is 32.9 Å². The minimum absolute atomic E-state index is 1.01. The molecular weight excluding hydrogens is 300 g/mol. The van der Waals surface area contributed by atoms with Gasteiger partial charge in [-0.25, -0.2) is 0 Å². The highest BCUT2D eigenvalue weighted by Gasteiger charge is 1.98. The van der Waals surface area contributed by atoms with Gasteiger partial charge < -0.3 is 0 Å². The number of rotatable bonds is 0. The zero-order valence-corrected chi connectivity index (χ0v) is 11.4. The van der Waals surface area contributed by atoms with Gasteiger partial charge in [0.25, 0.3) is 0 Å². The molecule has 0 spiro atoms. The molecule has 0 saturated carbocycles. The van der Waals surface area contributed by atoms with Crippen molar-refractivity contribution in [1.82, 2.24) is 0 Å². The summed E-state index contributed by atoms with van der Waals surface area (Å²) in [4.78, 5) is 1.01. The van der Waals surface area contributed by atoms with E-state index in [9.17, 15) is 0 Å². The summed E-state index contributed by atoms with van der Waals surface area (Å²) in [7, 11) is 0. The van der Waals surface area contributed by atoms with Gasteiger partial charge in [0.2, 0.25) is 0 Å². The standard InChI is InChI=1S/C7H6Br2S.C2H6/c1-4-2-5(8)6(9)3-7(4)10;1-2/h2-3,10H,1H3;1-2H3. The van der Waals surface area contributed by atoms with Crippen molar-refractivity contribution in [2.75, 3.05) is 0 Å². The minimum Gasteiger partial charge on any atom is -0.143 e. The Kier molecular flexibility index (Phi) is 6.32. The van der Waals surface area contributed by atoms with Crippen LogP contribution in [-0.2, 0) is 0 Å². The predicted octanol–water partition coefficient (Wildman–Crippen LogP) is 4.83. The van der Waals surface area contributed by atoms with Gasteiger partial charge in [-0.2, -0.15) is 0 Å². The highest BCUT2D eigenvalue weighted by atomic mass is 79.9. The van der Waals surface area contributed by atoms with Gasteiger partial charge in [-0.15, -0.1) is 12.6 Å². The highest BCUT2D eigenvalue weighted by molar-refractivity contribution is 9.13. The Morgan fingerprint density at radius 2 is 1.50 bits per heavy atom. The molecule has 0 bridgehead atoms. The van der Waals surface area contributed by atoms with Crippen molar-refractivity contribution in [1.29, 1.82) is 0 Å². The summed E-state index contributed by atoms with van der Waals surface area (Å²) in [6.45, 7) is 6.03. The molecule has 1 rings (SSSR count). The molecule has 0 unspecified atom stereocenters. The van der Waals surface area contributed by atoms with E-state index in [0.717, 1.165) is 13.8 Å². The molecule has 0 N–H and O–H groups in total. The van der Waals surface area contributed by atoms with Crippen molar-refractivity contribution >= 4 is 44.5 Å². The Hall–Kier alpha value is 0.530. The van der Waals surface area contributed by atoms with E-state index in [4.69, 9.17) is 0 Å². The maximum absolute atomic E-state index is 4.26. The number of hydrogen-bond acceptors (Lipinski definition) is 1. The van der Waals surface area contributed by atoms with Crippen LogP contribution in [0.5, 0.6) is 0 Å². The fraction of sp³-hybridized carbons (Fsp3) is 0.333. The molecule has 0 radical (unpaired) electrons. The lowest BCUT2D eigenvalue weighted by Gasteiger charge is -2.00. The molecule has 0 atom stereocenters. The van der Waals surface area contributed by atoms with Crippen LogP contribution in [0.2, 0.25) is 0 Å². The van der Waals surface area contributed by atoms with Crippen LogP contribution in [0.1, 0.15) is 19.4 Å². The summed E-state index contributed by atoms with van der Waals surface area (Å²) >= 11 is 11.0. The topological polar surface area (TPSA) is 0 Å². The van der Waals surface area contributed by atoms with E-state index in [1.54, 1.807) is 0 Å². The number of thiol groups is 1.